The van der Waals surface area contributed by atoms with E-state index in [9.17, 15) is 9.59 Å². The molecule has 26 heavy (non-hydrogen) atoms. The summed E-state index contributed by atoms with van der Waals surface area (Å²) in [6, 6.07) is 12.9. The normalized spacial score (nSPS) is 18.7. The Bertz CT molecular complexity index is 845. The van der Waals surface area contributed by atoms with E-state index < -0.39 is 0 Å². The number of carbonyl (C=O) groups is 2. The summed E-state index contributed by atoms with van der Waals surface area (Å²) in [4.78, 5) is 26.9. The number of ether oxygens (including phenoxy) is 1. The second-order valence-corrected chi connectivity index (χ2v) is 7.46. The molecule has 2 aliphatic heterocycles. The smallest absolute Gasteiger partial charge is 0.256 e. The minimum absolute atomic E-state index is 0.0256. The lowest BCUT2D eigenvalue weighted by Crippen LogP contribution is -2.37. The van der Waals surface area contributed by atoms with E-state index in [1.807, 2.05) is 30.3 Å². The summed E-state index contributed by atoms with van der Waals surface area (Å²) in [7, 11) is 0. The van der Waals surface area contributed by atoms with E-state index in [2.05, 4.69) is 21.2 Å². The minimum Gasteiger partial charge on any atom is -0.368 e. The Morgan fingerprint density at radius 3 is 2.69 bits per heavy atom. The van der Waals surface area contributed by atoms with Crippen molar-refractivity contribution in [1.82, 2.24) is 0 Å². The van der Waals surface area contributed by atoms with Crippen molar-refractivity contribution in [2.45, 2.75) is 25.4 Å². The van der Waals surface area contributed by atoms with E-state index in [1.54, 1.807) is 17.0 Å². The Morgan fingerprint density at radius 2 is 1.96 bits per heavy atom. The molecule has 0 spiro atoms. The Balaban J connectivity index is 1.53. The van der Waals surface area contributed by atoms with Crippen molar-refractivity contribution in [1.29, 1.82) is 0 Å². The SMILES string of the molecule is O=C(Nc1ccc2c(c1)N(C(=O)C1CCCO1)CC2)c1ccc(Br)cc1. The predicted molar refractivity (Wildman–Crippen MR) is 104 cm³/mol. The van der Waals surface area contributed by atoms with Crippen molar-refractivity contribution in [2.75, 3.05) is 23.4 Å². The zero-order chi connectivity index (χ0) is 18.1. The molecule has 134 valence electrons. The first-order valence-electron chi connectivity index (χ1n) is 8.74. The van der Waals surface area contributed by atoms with Gasteiger partial charge in [0.2, 0.25) is 0 Å². The highest BCUT2D eigenvalue weighted by atomic mass is 79.9. The number of amides is 2. The van der Waals surface area contributed by atoms with Gasteiger partial charge in [-0.2, -0.15) is 0 Å². The number of hydrogen-bond donors (Lipinski definition) is 1. The van der Waals surface area contributed by atoms with Gasteiger partial charge in [0, 0.05) is 34.6 Å². The van der Waals surface area contributed by atoms with Crippen molar-refractivity contribution in [2.24, 2.45) is 0 Å². The fraction of sp³-hybridized carbons (Fsp3) is 0.300. The van der Waals surface area contributed by atoms with Gasteiger partial charge >= 0.3 is 0 Å². The lowest BCUT2D eigenvalue weighted by atomic mass is 10.1. The number of benzene rings is 2. The molecule has 1 saturated heterocycles. The van der Waals surface area contributed by atoms with Gasteiger partial charge in [-0.1, -0.05) is 22.0 Å². The molecular weight excluding hydrogens is 396 g/mol. The molecule has 5 nitrogen and oxygen atoms in total. The topological polar surface area (TPSA) is 58.6 Å². The van der Waals surface area contributed by atoms with Crippen LogP contribution in [0.5, 0.6) is 0 Å². The second kappa shape index (κ2) is 7.21. The summed E-state index contributed by atoms with van der Waals surface area (Å²) >= 11 is 3.36. The van der Waals surface area contributed by atoms with Crippen LogP contribution in [-0.2, 0) is 16.0 Å². The Morgan fingerprint density at radius 1 is 1.15 bits per heavy atom. The fourth-order valence-electron chi connectivity index (χ4n) is 3.44. The van der Waals surface area contributed by atoms with Gasteiger partial charge in [0.15, 0.2) is 0 Å². The first-order chi connectivity index (χ1) is 12.6. The second-order valence-electron chi connectivity index (χ2n) is 6.55. The van der Waals surface area contributed by atoms with E-state index in [1.165, 1.54) is 0 Å². The monoisotopic (exact) mass is 414 g/mol. The molecule has 1 fully saturated rings. The highest BCUT2D eigenvalue weighted by Gasteiger charge is 2.32. The van der Waals surface area contributed by atoms with Crippen molar-refractivity contribution >= 4 is 39.1 Å². The van der Waals surface area contributed by atoms with Crippen LogP contribution in [0.15, 0.2) is 46.9 Å². The van der Waals surface area contributed by atoms with Crippen molar-refractivity contribution in [3.05, 3.63) is 58.1 Å². The standard InChI is InChI=1S/C20H19BrN2O3/c21-15-6-3-14(4-7-15)19(24)22-16-8-5-13-9-10-23(17(13)12-16)20(25)18-2-1-11-26-18/h3-8,12,18H,1-2,9-11H2,(H,22,24). The number of nitrogens with one attached hydrogen (secondary N) is 1. The van der Waals surface area contributed by atoms with Crippen molar-refractivity contribution < 1.29 is 14.3 Å². The van der Waals surface area contributed by atoms with E-state index >= 15 is 0 Å². The van der Waals surface area contributed by atoms with Gasteiger partial charge in [-0.05, 0) is 61.2 Å². The molecule has 0 radical (unpaired) electrons. The Hall–Kier alpha value is -2.18. The number of fused-ring (bicyclic) bond motifs is 1. The Labute approximate surface area is 160 Å². The van der Waals surface area contributed by atoms with Gasteiger partial charge in [-0.15, -0.1) is 0 Å². The maximum Gasteiger partial charge on any atom is 0.256 e. The molecule has 6 heteroatoms. The summed E-state index contributed by atoms with van der Waals surface area (Å²) in [5.74, 6) is -0.148. The van der Waals surface area contributed by atoms with Gasteiger partial charge in [0.1, 0.15) is 6.10 Å². The van der Waals surface area contributed by atoms with Crippen LogP contribution >= 0.6 is 15.9 Å². The molecule has 1 unspecified atom stereocenters. The minimum atomic E-state index is -0.332. The van der Waals surface area contributed by atoms with E-state index in [-0.39, 0.29) is 17.9 Å². The van der Waals surface area contributed by atoms with Crippen LogP contribution in [0.2, 0.25) is 0 Å². The van der Waals surface area contributed by atoms with Gasteiger partial charge in [-0.3, -0.25) is 9.59 Å². The third kappa shape index (κ3) is 3.39. The Kier molecular flexibility index (Phi) is 4.78. The highest BCUT2D eigenvalue weighted by Crippen LogP contribution is 2.32. The largest absolute Gasteiger partial charge is 0.368 e. The number of halogens is 1. The molecule has 4 rings (SSSR count). The maximum absolute atomic E-state index is 12.7. The number of carbonyl (C=O) groups excluding carboxylic acids is 2. The lowest BCUT2D eigenvalue weighted by molar-refractivity contribution is -0.127. The van der Waals surface area contributed by atoms with Gasteiger partial charge < -0.3 is 15.0 Å². The van der Waals surface area contributed by atoms with Crippen molar-refractivity contribution in [3.63, 3.8) is 0 Å². The number of hydrogen-bond acceptors (Lipinski definition) is 3. The summed E-state index contributed by atoms with van der Waals surface area (Å²) < 4.78 is 6.47. The number of nitrogens with zero attached hydrogens (tertiary/aromatic N) is 1. The van der Waals surface area contributed by atoms with Crippen LogP contribution in [0.1, 0.15) is 28.8 Å². The summed E-state index contributed by atoms with van der Waals surface area (Å²) in [5, 5.41) is 2.91. The third-order valence-electron chi connectivity index (χ3n) is 4.82. The maximum atomic E-state index is 12.7. The van der Waals surface area contributed by atoms with E-state index in [4.69, 9.17) is 4.74 Å². The molecule has 0 aromatic heterocycles. The van der Waals surface area contributed by atoms with Gasteiger partial charge in [-0.25, -0.2) is 0 Å². The molecule has 2 aromatic rings. The molecule has 0 bridgehead atoms. The average Bonchev–Trinajstić information content (AvgIpc) is 3.31. The van der Waals surface area contributed by atoms with E-state index in [0.29, 0.717) is 24.4 Å². The quantitative estimate of drug-likeness (QED) is 0.831. The molecule has 2 aromatic carbocycles. The first-order valence-corrected chi connectivity index (χ1v) is 9.54. The molecule has 2 amide bonds. The fourth-order valence-corrected chi connectivity index (χ4v) is 3.70. The van der Waals surface area contributed by atoms with Gasteiger partial charge in [0.05, 0.1) is 0 Å². The van der Waals surface area contributed by atoms with Gasteiger partial charge in [0.25, 0.3) is 11.8 Å². The van der Waals surface area contributed by atoms with Crippen LogP contribution in [0.3, 0.4) is 0 Å². The number of rotatable bonds is 3. The molecule has 1 N–H and O–H groups in total. The lowest BCUT2D eigenvalue weighted by Gasteiger charge is -2.21. The van der Waals surface area contributed by atoms with E-state index in [0.717, 1.165) is 35.0 Å². The zero-order valence-corrected chi connectivity index (χ0v) is 15.8. The highest BCUT2D eigenvalue weighted by molar-refractivity contribution is 9.10. The molecular formula is C20H19BrN2O3. The summed E-state index contributed by atoms with van der Waals surface area (Å²) in [5.41, 5.74) is 3.27. The zero-order valence-electron chi connectivity index (χ0n) is 14.2. The molecule has 0 saturated carbocycles. The van der Waals surface area contributed by atoms with Crippen molar-refractivity contribution in [3.8, 4) is 0 Å². The van der Waals surface area contributed by atoms with Crippen LogP contribution in [0.4, 0.5) is 11.4 Å². The third-order valence-corrected chi connectivity index (χ3v) is 5.34. The molecule has 2 heterocycles. The molecule has 2 aliphatic rings. The average molecular weight is 415 g/mol. The summed E-state index contributed by atoms with van der Waals surface area (Å²) in [6.45, 7) is 1.32. The van der Waals surface area contributed by atoms with Crippen LogP contribution in [-0.4, -0.2) is 31.1 Å². The van der Waals surface area contributed by atoms with Crippen LogP contribution in [0.25, 0.3) is 0 Å². The van der Waals surface area contributed by atoms with Crippen LogP contribution < -0.4 is 10.2 Å². The number of anilines is 2. The summed E-state index contributed by atoms with van der Waals surface area (Å²) in [6.07, 6.45) is 2.21. The van der Waals surface area contributed by atoms with Crippen LogP contribution in [0, 0.1) is 0 Å². The first kappa shape index (κ1) is 17.2. The molecule has 0 aliphatic carbocycles. The molecule has 1 atom stereocenters. The predicted octanol–water partition coefficient (Wildman–Crippen LogP) is 3.77.